The maximum Gasteiger partial charge on any atom is 0.230 e. The molecule has 4 aromatic rings. The van der Waals surface area contributed by atoms with E-state index in [1.807, 2.05) is 66.7 Å². The summed E-state index contributed by atoms with van der Waals surface area (Å²) in [4.78, 5) is 23.9. The molecule has 0 unspecified atom stereocenters. The van der Waals surface area contributed by atoms with E-state index >= 15 is 0 Å². The fourth-order valence-corrected chi connectivity index (χ4v) is 3.30. The molecule has 30 heavy (non-hydrogen) atoms. The second-order valence-electron chi connectivity index (χ2n) is 7.04. The molecule has 0 aliphatic heterocycles. The number of benzene rings is 3. The molecule has 0 fully saturated rings. The normalized spacial score (nSPS) is 10.7. The second-order valence-corrected chi connectivity index (χ2v) is 7.04. The summed E-state index contributed by atoms with van der Waals surface area (Å²) in [5, 5.41) is 10.9. The first-order valence-corrected chi connectivity index (χ1v) is 9.56. The van der Waals surface area contributed by atoms with Crippen LogP contribution in [0.5, 0.6) is 5.75 Å². The van der Waals surface area contributed by atoms with Gasteiger partial charge in [-0.05, 0) is 47.9 Å². The van der Waals surface area contributed by atoms with Crippen LogP contribution in [-0.4, -0.2) is 29.0 Å². The third-order valence-electron chi connectivity index (χ3n) is 4.97. The van der Waals surface area contributed by atoms with Crippen molar-refractivity contribution in [1.29, 1.82) is 0 Å². The quantitative estimate of drug-likeness (QED) is 0.463. The highest BCUT2D eigenvalue weighted by atomic mass is 16.5. The molecule has 0 spiro atoms. The van der Waals surface area contributed by atoms with Gasteiger partial charge < -0.3 is 10.1 Å². The van der Waals surface area contributed by atoms with E-state index in [0.29, 0.717) is 11.4 Å². The molecule has 0 saturated carbocycles. The van der Waals surface area contributed by atoms with Gasteiger partial charge in [-0.15, -0.1) is 0 Å². The third-order valence-corrected chi connectivity index (χ3v) is 4.97. The van der Waals surface area contributed by atoms with Crippen LogP contribution in [0.15, 0.2) is 66.7 Å². The lowest BCUT2D eigenvalue weighted by Crippen LogP contribution is -2.14. The molecule has 1 aromatic heterocycles. The number of carbonyl (C=O) groups is 2. The van der Waals surface area contributed by atoms with Crippen molar-refractivity contribution in [1.82, 2.24) is 10.2 Å². The summed E-state index contributed by atoms with van der Waals surface area (Å²) in [5.74, 6) is 1.16. The summed E-state index contributed by atoms with van der Waals surface area (Å²) in [6.07, 6.45) is 0.249. The van der Waals surface area contributed by atoms with Gasteiger partial charge in [0.05, 0.1) is 19.0 Å². The van der Waals surface area contributed by atoms with Crippen LogP contribution in [0, 0.1) is 0 Å². The van der Waals surface area contributed by atoms with Gasteiger partial charge in [0.25, 0.3) is 0 Å². The van der Waals surface area contributed by atoms with Gasteiger partial charge in [0, 0.05) is 10.9 Å². The number of Topliss-reactive ketones (excluding diaryl/α,β-unsaturated/α-hetero) is 1. The van der Waals surface area contributed by atoms with Crippen molar-refractivity contribution in [3.8, 4) is 16.9 Å². The fraction of sp³-hybridized carbons (Fsp3) is 0.125. The number of aromatic nitrogens is 2. The number of anilines is 1. The first-order valence-electron chi connectivity index (χ1n) is 9.56. The van der Waals surface area contributed by atoms with E-state index in [9.17, 15) is 9.59 Å². The maximum atomic E-state index is 12.4. The highest BCUT2D eigenvalue weighted by Gasteiger charge is 2.11. The Labute approximate surface area is 173 Å². The molecule has 0 atom stereocenters. The molecule has 1 amide bonds. The minimum atomic E-state index is -0.141. The van der Waals surface area contributed by atoms with Crippen molar-refractivity contribution in [2.75, 3.05) is 12.4 Å². The van der Waals surface area contributed by atoms with E-state index in [2.05, 4.69) is 15.5 Å². The van der Waals surface area contributed by atoms with Gasteiger partial charge in [-0.1, -0.05) is 42.5 Å². The Hall–Kier alpha value is -3.93. The number of hydrogen-bond donors (Lipinski definition) is 2. The largest absolute Gasteiger partial charge is 0.497 e. The van der Waals surface area contributed by atoms with E-state index in [1.54, 1.807) is 14.0 Å². The number of fused-ring (bicyclic) bond motifs is 1. The van der Waals surface area contributed by atoms with Gasteiger partial charge >= 0.3 is 0 Å². The highest BCUT2D eigenvalue weighted by Crippen LogP contribution is 2.27. The molecule has 0 radical (unpaired) electrons. The van der Waals surface area contributed by atoms with Gasteiger partial charge in [0.2, 0.25) is 5.91 Å². The Morgan fingerprint density at radius 2 is 1.67 bits per heavy atom. The highest BCUT2D eigenvalue weighted by molar-refractivity contribution is 6.01. The molecule has 2 N–H and O–H groups in total. The number of carbonyl (C=O) groups excluding carboxylic acids is 2. The van der Waals surface area contributed by atoms with Crippen molar-refractivity contribution in [2.45, 2.75) is 13.3 Å². The molecule has 0 aliphatic rings. The lowest BCUT2D eigenvalue weighted by Gasteiger charge is -2.05. The summed E-state index contributed by atoms with van der Waals surface area (Å²) < 4.78 is 5.14. The molecule has 4 rings (SSSR count). The van der Waals surface area contributed by atoms with Crippen molar-refractivity contribution in [3.63, 3.8) is 0 Å². The van der Waals surface area contributed by atoms with Crippen molar-refractivity contribution >= 4 is 28.4 Å². The van der Waals surface area contributed by atoms with Crippen LogP contribution in [0.3, 0.4) is 0 Å². The molecule has 6 nitrogen and oxygen atoms in total. The van der Waals surface area contributed by atoms with Crippen molar-refractivity contribution in [3.05, 3.63) is 77.9 Å². The van der Waals surface area contributed by atoms with Gasteiger partial charge in [-0.25, -0.2) is 0 Å². The number of hydrogen-bond acceptors (Lipinski definition) is 4. The number of rotatable bonds is 6. The monoisotopic (exact) mass is 399 g/mol. The van der Waals surface area contributed by atoms with E-state index < -0.39 is 0 Å². The predicted molar refractivity (Wildman–Crippen MR) is 117 cm³/mol. The maximum absolute atomic E-state index is 12.4. The van der Waals surface area contributed by atoms with Crippen molar-refractivity contribution < 1.29 is 14.3 Å². The number of nitrogens with one attached hydrogen (secondary N) is 2. The van der Waals surface area contributed by atoms with Crippen LogP contribution in [0.4, 0.5) is 5.82 Å². The van der Waals surface area contributed by atoms with Gasteiger partial charge in [0.15, 0.2) is 11.6 Å². The predicted octanol–water partition coefficient (Wildman–Crippen LogP) is 4.62. The van der Waals surface area contributed by atoms with Gasteiger partial charge in [-0.3, -0.25) is 14.7 Å². The Morgan fingerprint density at radius 3 is 2.33 bits per heavy atom. The minimum absolute atomic E-state index is 0.0422. The number of ether oxygens (including phenoxy) is 1. The lowest BCUT2D eigenvalue weighted by atomic mass is 10.0. The van der Waals surface area contributed by atoms with Crippen LogP contribution in [0.25, 0.3) is 22.0 Å². The zero-order valence-corrected chi connectivity index (χ0v) is 16.7. The molecule has 0 aliphatic carbocycles. The van der Waals surface area contributed by atoms with Gasteiger partial charge in [0.1, 0.15) is 5.75 Å². The van der Waals surface area contributed by atoms with Gasteiger partial charge in [-0.2, -0.15) is 5.10 Å². The smallest absolute Gasteiger partial charge is 0.230 e. The Balaban J connectivity index is 1.50. The van der Waals surface area contributed by atoms with E-state index in [-0.39, 0.29) is 18.1 Å². The van der Waals surface area contributed by atoms with Crippen LogP contribution in [0.2, 0.25) is 0 Å². The molecular formula is C24H21N3O3. The Bertz CT molecular complexity index is 1210. The summed E-state index contributed by atoms with van der Waals surface area (Å²) in [7, 11) is 1.61. The number of methoxy groups -OCH3 is 1. The SMILES string of the molecule is COc1ccc(CC(=O)Nc2n[nH]c3cc(-c4ccc(C(C)=O)cc4)ccc23)cc1. The molecule has 150 valence electrons. The average Bonchev–Trinajstić information content (AvgIpc) is 3.16. The van der Waals surface area contributed by atoms with E-state index in [0.717, 1.165) is 33.3 Å². The number of H-pyrrole nitrogens is 1. The molecule has 0 bridgehead atoms. The molecule has 3 aromatic carbocycles. The van der Waals surface area contributed by atoms with Crippen molar-refractivity contribution in [2.24, 2.45) is 0 Å². The molecule has 1 heterocycles. The standard InChI is InChI=1S/C24H21N3O3/c1-15(28)17-5-7-18(8-6-17)19-9-12-21-22(14-19)26-27-24(21)25-23(29)13-16-3-10-20(30-2)11-4-16/h3-12,14H,13H2,1-2H3,(H2,25,26,27,29). The van der Waals surface area contributed by atoms with Crippen LogP contribution in [0.1, 0.15) is 22.8 Å². The lowest BCUT2D eigenvalue weighted by molar-refractivity contribution is -0.115. The van der Waals surface area contributed by atoms with Crippen LogP contribution >= 0.6 is 0 Å². The van der Waals surface area contributed by atoms with Crippen LogP contribution < -0.4 is 10.1 Å². The van der Waals surface area contributed by atoms with E-state index in [1.165, 1.54) is 0 Å². The number of nitrogens with zero attached hydrogens (tertiary/aromatic N) is 1. The first kappa shape index (κ1) is 19.4. The summed E-state index contributed by atoms with van der Waals surface area (Å²) >= 11 is 0. The van der Waals surface area contributed by atoms with Crippen LogP contribution in [-0.2, 0) is 11.2 Å². The second kappa shape index (κ2) is 8.21. The summed E-state index contributed by atoms with van der Waals surface area (Å²) in [6, 6.07) is 20.8. The summed E-state index contributed by atoms with van der Waals surface area (Å²) in [5.41, 5.74) is 4.40. The minimum Gasteiger partial charge on any atom is -0.497 e. The molecule has 6 heteroatoms. The number of aromatic amines is 1. The topological polar surface area (TPSA) is 84.1 Å². The zero-order chi connectivity index (χ0) is 21.1. The summed E-state index contributed by atoms with van der Waals surface area (Å²) in [6.45, 7) is 1.55. The third kappa shape index (κ3) is 4.07. The Kier molecular flexibility index (Phi) is 5.30. The first-order chi connectivity index (χ1) is 14.5. The zero-order valence-electron chi connectivity index (χ0n) is 16.7. The van der Waals surface area contributed by atoms with E-state index in [4.69, 9.17) is 4.74 Å². The molecule has 0 saturated heterocycles. The average molecular weight is 399 g/mol. The Morgan fingerprint density at radius 1 is 0.967 bits per heavy atom. The fourth-order valence-electron chi connectivity index (χ4n) is 3.30. The molecular weight excluding hydrogens is 378 g/mol. The number of amides is 1. The number of ketones is 1.